The molecule has 39 heavy (non-hydrogen) atoms. The summed E-state index contributed by atoms with van der Waals surface area (Å²) in [4.78, 5) is 12.9. The van der Waals surface area contributed by atoms with E-state index in [0.29, 0.717) is 17.1 Å². The van der Waals surface area contributed by atoms with E-state index in [1.54, 1.807) is 12.1 Å². The Morgan fingerprint density at radius 1 is 0.615 bits per heavy atom. The highest BCUT2D eigenvalue weighted by atomic mass is 16.5. The van der Waals surface area contributed by atoms with E-state index in [9.17, 15) is 9.90 Å². The fourth-order valence-corrected chi connectivity index (χ4v) is 6.25. The number of esters is 1. The second-order valence-electron chi connectivity index (χ2n) is 10.5. The molecule has 0 aliphatic heterocycles. The molecule has 0 heterocycles. The number of phenolic OH excluding ortho intramolecular Hbond substituents is 1. The topological polar surface area (TPSA) is 46.5 Å². The first-order chi connectivity index (χ1) is 18.8. The Balaban J connectivity index is 1.61. The van der Waals surface area contributed by atoms with E-state index in [2.05, 4.69) is 72.8 Å². The number of aromatic hydroxyl groups is 1. The maximum absolute atomic E-state index is 12.9. The summed E-state index contributed by atoms with van der Waals surface area (Å²) in [6.07, 6.45) is 0. The average molecular weight is 511 g/mol. The second-order valence-corrected chi connectivity index (χ2v) is 10.5. The lowest BCUT2D eigenvalue weighted by molar-refractivity contribution is 0.0732. The number of phenols is 1. The van der Waals surface area contributed by atoms with Crippen molar-refractivity contribution in [2.24, 2.45) is 0 Å². The number of fused-ring (bicyclic) bond motifs is 3. The predicted octanol–water partition coefficient (Wildman–Crippen LogP) is 8.21. The maximum atomic E-state index is 12.9. The summed E-state index contributed by atoms with van der Waals surface area (Å²) in [7, 11) is 0. The number of benzene rings is 5. The highest BCUT2D eigenvalue weighted by molar-refractivity contribution is 5.91. The Morgan fingerprint density at radius 2 is 1.05 bits per heavy atom. The molecule has 0 radical (unpaired) electrons. The number of hydrogen-bond donors (Lipinski definition) is 1. The zero-order valence-corrected chi connectivity index (χ0v) is 22.6. The van der Waals surface area contributed by atoms with Crippen LogP contribution in [0.25, 0.3) is 11.1 Å². The van der Waals surface area contributed by atoms with Crippen LogP contribution in [0.2, 0.25) is 0 Å². The first-order valence-electron chi connectivity index (χ1n) is 13.2. The van der Waals surface area contributed by atoms with Crippen molar-refractivity contribution < 1.29 is 14.6 Å². The lowest BCUT2D eigenvalue weighted by atomic mass is 9.66. The van der Waals surface area contributed by atoms with Crippen molar-refractivity contribution in [3.8, 4) is 22.6 Å². The second kappa shape index (κ2) is 9.28. The molecule has 0 saturated carbocycles. The lowest BCUT2D eigenvalue weighted by Crippen LogP contribution is -2.29. The Morgan fingerprint density at radius 3 is 1.56 bits per heavy atom. The van der Waals surface area contributed by atoms with Crippen LogP contribution in [0.3, 0.4) is 0 Å². The van der Waals surface area contributed by atoms with Gasteiger partial charge in [0.15, 0.2) is 0 Å². The number of rotatable bonds is 4. The van der Waals surface area contributed by atoms with Crippen LogP contribution in [0.5, 0.6) is 11.5 Å². The third-order valence-electron chi connectivity index (χ3n) is 7.97. The summed E-state index contributed by atoms with van der Waals surface area (Å²) in [6, 6.07) is 34.7. The molecule has 5 aromatic rings. The molecule has 0 fully saturated rings. The van der Waals surface area contributed by atoms with Gasteiger partial charge in [0.1, 0.15) is 11.5 Å². The number of carbonyl (C=O) groups excluding carboxylic acids is 1. The fourth-order valence-electron chi connectivity index (χ4n) is 6.25. The SMILES string of the molecule is Cc1cc(C2(c3cc(C)c(OC(=O)c4ccccc4)c(C)c3)c3ccccc3-c3ccccc32)cc(C)c1O. The number of hydrogen-bond acceptors (Lipinski definition) is 3. The molecule has 0 aromatic heterocycles. The van der Waals surface area contributed by atoms with E-state index < -0.39 is 5.41 Å². The molecule has 0 unspecified atom stereocenters. The van der Waals surface area contributed by atoms with Crippen LogP contribution in [-0.2, 0) is 5.41 Å². The van der Waals surface area contributed by atoms with Gasteiger partial charge in [0.05, 0.1) is 11.0 Å². The molecule has 0 saturated heterocycles. The molecular weight excluding hydrogens is 480 g/mol. The van der Waals surface area contributed by atoms with Crippen LogP contribution in [0, 0.1) is 27.7 Å². The van der Waals surface area contributed by atoms with Crippen LogP contribution in [0.1, 0.15) is 54.9 Å². The standard InChI is InChI=1S/C36H30O3/c1-22-18-27(19-23(2)33(22)37)36(31-16-10-8-14-29(31)30-15-9-11-17-32(30)36)28-20-24(3)34(25(4)21-28)39-35(38)26-12-6-5-7-13-26/h5-21,37H,1-4H3. The van der Waals surface area contributed by atoms with Gasteiger partial charge in [-0.25, -0.2) is 4.79 Å². The summed E-state index contributed by atoms with van der Waals surface area (Å²) in [5, 5.41) is 10.7. The van der Waals surface area contributed by atoms with E-state index in [0.717, 1.165) is 33.4 Å². The third kappa shape index (κ3) is 3.77. The summed E-state index contributed by atoms with van der Waals surface area (Å²) in [5.41, 5.74) is 10.4. The normalized spacial score (nSPS) is 13.0. The van der Waals surface area contributed by atoms with Gasteiger partial charge in [0.2, 0.25) is 0 Å². The van der Waals surface area contributed by atoms with Crippen molar-refractivity contribution in [2.45, 2.75) is 33.1 Å². The summed E-state index contributed by atoms with van der Waals surface area (Å²) >= 11 is 0. The largest absolute Gasteiger partial charge is 0.507 e. The van der Waals surface area contributed by atoms with E-state index in [-0.39, 0.29) is 5.97 Å². The first-order valence-corrected chi connectivity index (χ1v) is 13.2. The Labute approximate surface area is 229 Å². The highest BCUT2D eigenvalue weighted by Crippen LogP contribution is 2.57. The van der Waals surface area contributed by atoms with Crippen LogP contribution >= 0.6 is 0 Å². The minimum absolute atomic E-state index is 0.323. The van der Waals surface area contributed by atoms with Crippen LogP contribution in [0.15, 0.2) is 103 Å². The Bertz CT molecular complexity index is 1660. The predicted molar refractivity (Wildman–Crippen MR) is 156 cm³/mol. The van der Waals surface area contributed by atoms with Gasteiger partial charge in [-0.2, -0.15) is 0 Å². The zero-order valence-electron chi connectivity index (χ0n) is 22.6. The van der Waals surface area contributed by atoms with E-state index in [4.69, 9.17) is 4.74 Å². The molecule has 6 rings (SSSR count). The van der Waals surface area contributed by atoms with Crippen molar-refractivity contribution in [2.75, 3.05) is 0 Å². The van der Waals surface area contributed by atoms with Gasteiger partial charge in [0, 0.05) is 0 Å². The molecule has 0 spiro atoms. The van der Waals surface area contributed by atoms with Crippen molar-refractivity contribution in [3.63, 3.8) is 0 Å². The van der Waals surface area contributed by atoms with Gasteiger partial charge in [0.25, 0.3) is 0 Å². The molecule has 3 nitrogen and oxygen atoms in total. The molecule has 1 aliphatic carbocycles. The fraction of sp³-hybridized carbons (Fsp3) is 0.139. The summed E-state index contributed by atoms with van der Waals surface area (Å²) in [6.45, 7) is 7.90. The first kappa shape index (κ1) is 24.7. The molecule has 0 atom stereocenters. The Kier molecular flexibility index (Phi) is 5.88. The number of ether oxygens (including phenoxy) is 1. The minimum atomic E-state index is -0.603. The minimum Gasteiger partial charge on any atom is -0.507 e. The summed E-state index contributed by atoms with van der Waals surface area (Å²) in [5.74, 6) is 0.537. The molecule has 1 aliphatic rings. The van der Waals surface area contributed by atoms with Crippen molar-refractivity contribution in [1.82, 2.24) is 0 Å². The van der Waals surface area contributed by atoms with Gasteiger partial charge in [-0.1, -0.05) is 91.0 Å². The maximum Gasteiger partial charge on any atom is 0.343 e. The van der Waals surface area contributed by atoms with Crippen molar-refractivity contribution in [3.05, 3.63) is 153 Å². The highest BCUT2D eigenvalue weighted by Gasteiger charge is 2.46. The van der Waals surface area contributed by atoms with E-state index in [1.165, 1.54) is 22.3 Å². The number of carbonyl (C=O) groups is 1. The van der Waals surface area contributed by atoms with Gasteiger partial charge in [-0.15, -0.1) is 0 Å². The third-order valence-corrected chi connectivity index (χ3v) is 7.97. The van der Waals surface area contributed by atoms with E-state index >= 15 is 0 Å². The summed E-state index contributed by atoms with van der Waals surface area (Å²) < 4.78 is 5.94. The monoisotopic (exact) mass is 510 g/mol. The van der Waals surface area contributed by atoms with Crippen LogP contribution < -0.4 is 4.74 Å². The Hall–Kier alpha value is -4.63. The van der Waals surface area contributed by atoms with E-state index in [1.807, 2.05) is 45.9 Å². The molecule has 0 amide bonds. The molecule has 3 heteroatoms. The van der Waals surface area contributed by atoms with Crippen molar-refractivity contribution >= 4 is 5.97 Å². The van der Waals surface area contributed by atoms with Crippen LogP contribution in [-0.4, -0.2) is 11.1 Å². The van der Waals surface area contributed by atoms with Crippen LogP contribution in [0.4, 0.5) is 0 Å². The molecule has 1 N–H and O–H groups in total. The van der Waals surface area contributed by atoms with Crippen molar-refractivity contribution in [1.29, 1.82) is 0 Å². The lowest BCUT2D eigenvalue weighted by Gasteiger charge is -2.35. The zero-order chi connectivity index (χ0) is 27.3. The quantitative estimate of drug-likeness (QED) is 0.192. The van der Waals surface area contributed by atoms with Gasteiger partial charge in [-0.3, -0.25) is 0 Å². The molecule has 192 valence electrons. The average Bonchev–Trinajstić information content (AvgIpc) is 3.25. The smallest absolute Gasteiger partial charge is 0.343 e. The number of aryl methyl sites for hydroxylation is 4. The van der Waals surface area contributed by atoms with Gasteiger partial charge in [-0.05, 0) is 95.5 Å². The van der Waals surface area contributed by atoms with Gasteiger partial charge >= 0.3 is 5.97 Å². The molecule has 0 bridgehead atoms. The molecule has 5 aromatic carbocycles. The van der Waals surface area contributed by atoms with Gasteiger partial charge < -0.3 is 9.84 Å². The molecular formula is C36H30O3.